The number of ether oxygens (including phenoxy) is 3. The molecule has 0 spiro atoms. The second kappa shape index (κ2) is 17.4. The molecule has 5 heteroatoms. The highest BCUT2D eigenvalue weighted by atomic mass is 35.5. The summed E-state index contributed by atoms with van der Waals surface area (Å²) in [5.41, 5.74) is 4.70. The molecule has 41 heavy (non-hydrogen) atoms. The van der Waals surface area contributed by atoms with Crippen LogP contribution >= 0.6 is 23.2 Å². The van der Waals surface area contributed by atoms with E-state index in [1.807, 2.05) is 36.4 Å². The van der Waals surface area contributed by atoms with Crippen molar-refractivity contribution in [3.05, 3.63) is 80.9 Å². The highest BCUT2D eigenvalue weighted by molar-refractivity contribution is 6.31. The van der Waals surface area contributed by atoms with Crippen LogP contribution in [0.4, 0.5) is 0 Å². The minimum atomic E-state index is -0.0759. The zero-order chi connectivity index (χ0) is 30.5. The maximum absolute atomic E-state index is 6.51. The van der Waals surface area contributed by atoms with Crippen molar-refractivity contribution in [1.29, 1.82) is 0 Å². The molecule has 0 saturated carbocycles. The van der Waals surface area contributed by atoms with Gasteiger partial charge in [0.15, 0.2) is 0 Å². The number of allylic oxidation sites excluding steroid dienone is 4. The SMILES string of the molecule is CCOC(C)(C)CCC/C(C)=C/Cc1cc(Cl)ccc1Oc1ccc(Cl)cc1C/C=C(\C)CCCC(C)(C)OCC. The zero-order valence-corrected chi connectivity index (χ0v) is 28.2. The molecule has 0 amide bonds. The molecule has 0 aliphatic rings. The van der Waals surface area contributed by atoms with Gasteiger partial charge in [-0.05, 0) is 143 Å². The van der Waals surface area contributed by atoms with Gasteiger partial charge in [0, 0.05) is 34.4 Å². The predicted octanol–water partition coefficient (Wildman–Crippen LogP) is 11.7. The largest absolute Gasteiger partial charge is 0.457 e. The summed E-state index contributed by atoms with van der Waals surface area (Å²) in [6.45, 7) is 18.7. The Balaban J connectivity index is 2.09. The highest BCUT2D eigenvalue weighted by Gasteiger charge is 2.18. The third-order valence-electron chi connectivity index (χ3n) is 7.38. The molecule has 2 rings (SSSR count). The second-order valence-corrected chi connectivity index (χ2v) is 13.1. The average Bonchev–Trinajstić information content (AvgIpc) is 2.88. The second-order valence-electron chi connectivity index (χ2n) is 12.2. The zero-order valence-electron chi connectivity index (χ0n) is 26.7. The summed E-state index contributed by atoms with van der Waals surface area (Å²) in [5.74, 6) is 1.64. The van der Waals surface area contributed by atoms with Crippen LogP contribution in [0.1, 0.15) is 105 Å². The lowest BCUT2D eigenvalue weighted by Crippen LogP contribution is -2.24. The quantitative estimate of drug-likeness (QED) is 0.159. The Hall–Kier alpha value is -1.78. The van der Waals surface area contributed by atoms with Gasteiger partial charge in [0.2, 0.25) is 0 Å². The van der Waals surface area contributed by atoms with Crippen molar-refractivity contribution >= 4 is 23.2 Å². The van der Waals surface area contributed by atoms with Gasteiger partial charge < -0.3 is 14.2 Å². The van der Waals surface area contributed by atoms with Crippen LogP contribution in [-0.2, 0) is 22.3 Å². The van der Waals surface area contributed by atoms with Crippen LogP contribution in [0, 0.1) is 0 Å². The minimum absolute atomic E-state index is 0.0759. The van der Waals surface area contributed by atoms with E-state index in [9.17, 15) is 0 Å². The van der Waals surface area contributed by atoms with Crippen LogP contribution in [0.15, 0.2) is 59.7 Å². The summed E-state index contributed by atoms with van der Waals surface area (Å²) in [7, 11) is 0. The molecule has 0 fully saturated rings. The molecule has 0 bridgehead atoms. The molecule has 2 aromatic rings. The van der Waals surface area contributed by atoms with Crippen LogP contribution in [0.3, 0.4) is 0 Å². The molecule has 0 radical (unpaired) electrons. The first kappa shape index (κ1) is 35.4. The standard InChI is InChI=1S/C36H52Cl2O3/c1-9-39-35(5,6)23-11-13-27(3)15-17-29-25-31(37)19-21-33(29)41-34-22-20-32(38)26-30(34)18-16-28(4)14-12-24-36(7,8)40-10-2/h15-16,19-22,25-26H,9-14,17-18,23-24H2,1-8H3/b27-15+,28-16+. The van der Waals surface area contributed by atoms with Crippen LogP contribution in [0.5, 0.6) is 11.5 Å². The van der Waals surface area contributed by atoms with Gasteiger partial charge in [-0.15, -0.1) is 0 Å². The summed E-state index contributed by atoms with van der Waals surface area (Å²) in [6.07, 6.45) is 12.5. The monoisotopic (exact) mass is 602 g/mol. The van der Waals surface area contributed by atoms with Gasteiger partial charge in [-0.3, -0.25) is 0 Å². The molecule has 0 aliphatic heterocycles. The van der Waals surface area contributed by atoms with E-state index < -0.39 is 0 Å². The van der Waals surface area contributed by atoms with Crippen molar-refractivity contribution in [2.75, 3.05) is 13.2 Å². The van der Waals surface area contributed by atoms with Gasteiger partial charge >= 0.3 is 0 Å². The Morgan fingerprint density at radius 3 is 1.44 bits per heavy atom. The smallest absolute Gasteiger partial charge is 0.131 e. The molecule has 3 nitrogen and oxygen atoms in total. The van der Waals surface area contributed by atoms with E-state index in [0.29, 0.717) is 10.0 Å². The summed E-state index contributed by atoms with van der Waals surface area (Å²) in [6, 6.07) is 11.7. The van der Waals surface area contributed by atoms with Crippen LogP contribution in [0.25, 0.3) is 0 Å². The van der Waals surface area contributed by atoms with E-state index in [1.54, 1.807) is 0 Å². The van der Waals surface area contributed by atoms with E-state index in [0.717, 1.165) is 87.2 Å². The minimum Gasteiger partial charge on any atom is -0.457 e. The van der Waals surface area contributed by atoms with E-state index in [1.165, 1.54) is 11.1 Å². The number of hydrogen-bond donors (Lipinski definition) is 0. The van der Waals surface area contributed by atoms with E-state index >= 15 is 0 Å². The van der Waals surface area contributed by atoms with Crippen LogP contribution in [-0.4, -0.2) is 24.4 Å². The van der Waals surface area contributed by atoms with Crippen LogP contribution < -0.4 is 4.74 Å². The Morgan fingerprint density at radius 1 is 0.683 bits per heavy atom. The number of hydrogen-bond acceptors (Lipinski definition) is 3. The van der Waals surface area contributed by atoms with Crippen molar-refractivity contribution in [1.82, 2.24) is 0 Å². The maximum Gasteiger partial charge on any atom is 0.131 e. The first-order valence-corrected chi connectivity index (χ1v) is 15.9. The highest BCUT2D eigenvalue weighted by Crippen LogP contribution is 2.33. The molecule has 0 heterocycles. The van der Waals surface area contributed by atoms with Crippen molar-refractivity contribution in [3.8, 4) is 11.5 Å². The average molecular weight is 604 g/mol. The maximum atomic E-state index is 6.51. The molecule has 0 aromatic heterocycles. The van der Waals surface area contributed by atoms with Gasteiger partial charge in [0.1, 0.15) is 11.5 Å². The fourth-order valence-corrected chi connectivity index (χ4v) is 5.41. The molecule has 0 N–H and O–H groups in total. The molecule has 0 aliphatic carbocycles. The Kier molecular flexibility index (Phi) is 15.0. The predicted molar refractivity (Wildman–Crippen MR) is 177 cm³/mol. The van der Waals surface area contributed by atoms with E-state index in [2.05, 4.69) is 67.5 Å². The Morgan fingerprint density at radius 2 is 1.07 bits per heavy atom. The van der Waals surface area contributed by atoms with Crippen molar-refractivity contribution < 1.29 is 14.2 Å². The Labute approximate surface area is 260 Å². The van der Waals surface area contributed by atoms with Crippen molar-refractivity contribution in [2.45, 2.75) is 118 Å². The number of halogens is 2. The van der Waals surface area contributed by atoms with E-state index in [4.69, 9.17) is 37.4 Å². The lowest BCUT2D eigenvalue weighted by Gasteiger charge is -2.24. The van der Waals surface area contributed by atoms with Crippen LogP contribution in [0.2, 0.25) is 10.0 Å². The lowest BCUT2D eigenvalue weighted by atomic mass is 9.98. The number of benzene rings is 2. The van der Waals surface area contributed by atoms with Gasteiger partial charge in [-0.2, -0.15) is 0 Å². The molecule has 228 valence electrons. The molecule has 2 aromatic carbocycles. The van der Waals surface area contributed by atoms with Crippen molar-refractivity contribution in [2.24, 2.45) is 0 Å². The number of rotatable bonds is 18. The van der Waals surface area contributed by atoms with Crippen molar-refractivity contribution in [3.63, 3.8) is 0 Å². The molecule has 0 atom stereocenters. The fourth-order valence-electron chi connectivity index (χ4n) is 5.02. The third kappa shape index (κ3) is 13.8. The first-order valence-electron chi connectivity index (χ1n) is 15.2. The normalized spacial score (nSPS) is 13.1. The van der Waals surface area contributed by atoms with Gasteiger partial charge in [-0.1, -0.05) is 46.5 Å². The fraction of sp³-hybridized carbons (Fsp3) is 0.556. The Bertz CT molecular complexity index is 1060. The summed E-state index contributed by atoms with van der Waals surface area (Å²) < 4.78 is 18.2. The topological polar surface area (TPSA) is 27.7 Å². The first-order chi connectivity index (χ1) is 19.3. The molecular weight excluding hydrogens is 551 g/mol. The van der Waals surface area contributed by atoms with Gasteiger partial charge in [0.05, 0.1) is 11.2 Å². The van der Waals surface area contributed by atoms with Gasteiger partial charge in [-0.25, -0.2) is 0 Å². The lowest BCUT2D eigenvalue weighted by molar-refractivity contribution is -0.0176. The molecular formula is C36H52Cl2O3. The third-order valence-corrected chi connectivity index (χ3v) is 7.85. The summed E-state index contributed by atoms with van der Waals surface area (Å²) >= 11 is 12.8. The molecule has 0 saturated heterocycles. The van der Waals surface area contributed by atoms with Gasteiger partial charge in [0.25, 0.3) is 0 Å². The molecule has 0 unspecified atom stereocenters. The summed E-state index contributed by atoms with van der Waals surface area (Å²) in [4.78, 5) is 0. The summed E-state index contributed by atoms with van der Waals surface area (Å²) in [5, 5.41) is 1.42. The van der Waals surface area contributed by atoms with E-state index in [-0.39, 0.29) is 11.2 Å².